The van der Waals surface area contributed by atoms with Gasteiger partial charge in [-0.2, -0.15) is 0 Å². The van der Waals surface area contributed by atoms with Gasteiger partial charge in [0.15, 0.2) is 0 Å². The number of nitrogens with one attached hydrogen (secondary N) is 2. The zero-order valence-electron chi connectivity index (χ0n) is 10.5. The van der Waals surface area contributed by atoms with E-state index in [2.05, 4.69) is 50.6 Å². The number of aromatic nitrogens is 1. The second kappa shape index (κ2) is 6.71. The third-order valence-corrected chi connectivity index (χ3v) is 3.47. The molecule has 0 aliphatic heterocycles. The number of pyridine rings is 1. The van der Waals surface area contributed by atoms with Crippen LogP contribution in [0, 0.1) is 0 Å². The fourth-order valence-corrected chi connectivity index (χ4v) is 2.38. The minimum atomic E-state index is 0.888. The molecule has 2 N–H and O–H groups in total. The molecule has 0 saturated carbocycles. The van der Waals surface area contributed by atoms with E-state index in [1.807, 2.05) is 18.3 Å². The highest BCUT2D eigenvalue weighted by Gasteiger charge is 2.03. The molecule has 96 valence electrons. The summed E-state index contributed by atoms with van der Waals surface area (Å²) in [6.07, 6.45) is 3.01. The van der Waals surface area contributed by atoms with E-state index in [-0.39, 0.29) is 0 Å². The van der Waals surface area contributed by atoms with E-state index in [4.69, 9.17) is 0 Å². The van der Waals surface area contributed by atoms with Gasteiger partial charge < -0.3 is 10.6 Å². The molecule has 2 aromatic rings. The molecule has 0 spiro atoms. The van der Waals surface area contributed by atoms with Crippen LogP contribution in [-0.4, -0.2) is 24.6 Å². The summed E-state index contributed by atoms with van der Waals surface area (Å²) in [7, 11) is 0. The van der Waals surface area contributed by atoms with Gasteiger partial charge in [0.1, 0.15) is 5.82 Å². The van der Waals surface area contributed by atoms with E-state index >= 15 is 0 Å². The summed E-state index contributed by atoms with van der Waals surface area (Å²) in [5, 5.41) is 9.09. The van der Waals surface area contributed by atoms with Crippen LogP contribution >= 0.6 is 15.9 Å². The molecule has 0 unspecified atom stereocenters. The number of fused-ring (bicyclic) bond motifs is 1. The first-order chi connectivity index (χ1) is 8.83. The number of benzene rings is 1. The molecule has 0 radical (unpaired) electrons. The number of nitrogens with zero attached hydrogens (tertiary/aromatic N) is 1. The van der Waals surface area contributed by atoms with Crippen molar-refractivity contribution in [2.24, 2.45) is 0 Å². The van der Waals surface area contributed by atoms with E-state index in [9.17, 15) is 0 Å². The van der Waals surface area contributed by atoms with Gasteiger partial charge in [0.05, 0.1) is 0 Å². The summed E-state index contributed by atoms with van der Waals surface area (Å²) in [6.45, 7) is 5.08. The Morgan fingerprint density at radius 2 is 2.00 bits per heavy atom. The molecule has 3 nitrogen and oxygen atoms in total. The lowest BCUT2D eigenvalue weighted by molar-refractivity contribution is 0.687. The van der Waals surface area contributed by atoms with E-state index in [0.29, 0.717) is 0 Å². The highest BCUT2D eigenvalue weighted by atomic mass is 79.9. The van der Waals surface area contributed by atoms with Crippen LogP contribution < -0.4 is 10.6 Å². The van der Waals surface area contributed by atoms with Crippen molar-refractivity contribution in [2.45, 2.75) is 13.3 Å². The van der Waals surface area contributed by atoms with Gasteiger partial charge in [0.25, 0.3) is 0 Å². The maximum atomic E-state index is 4.41. The Bertz CT molecular complexity index is 513. The molecule has 0 bridgehead atoms. The van der Waals surface area contributed by atoms with Crippen molar-refractivity contribution in [3.05, 3.63) is 34.9 Å². The van der Waals surface area contributed by atoms with Gasteiger partial charge in [-0.15, -0.1) is 0 Å². The molecule has 0 fully saturated rings. The van der Waals surface area contributed by atoms with Crippen LogP contribution in [0.15, 0.2) is 34.9 Å². The minimum absolute atomic E-state index is 0.888. The molecule has 0 aliphatic rings. The zero-order chi connectivity index (χ0) is 12.8. The summed E-state index contributed by atoms with van der Waals surface area (Å²) in [5.74, 6) is 0.951. The van der Waals surface area contributed by atoms with Gasteiger partial charge in [-0.3, -0.25) is 0 Å². The van der Waals surface area contributed by atoms with Crippen LogP contribution in [0.1, 0.15) is 13.3 Å². The summed E-state index contributed by atoms with van der Waals surface area (Å²) in [6, 6.07) is 8.21. The molecule has 0 amide bonds. The van der Waals surface area contributed by atoms with Gasteiger partial charge >= 0.3 is 0 Å². The summed E-state index contributed by atoms with van der Waals surface area (Å²) < 4.78 is 1.11. The first-order valence-corrected chi connectivity index (χ1v) is 7.10. The van der Waals surface area contributed by atoms with Crippen LogP contribution in [0.3, 0.4) is 0 Å². The van der Waals surface area contributed by atoms with Gasteiger partial charge in [-0.25, -0.2) is 4.98 Å². The SMILES string of the molecule is CCCNCCNc1nccc2c(Br)cccc12. The van der Waals surface area contributed by atoms with E-state index in [1.54, 1.807) is 0 Å². The normalized spacial score (nSPS) is 10.8. The Hall–Kier alpha value is -1.13. The smallest absolute Gasteiger partial charge is 0.133 e. The standard InChI is InChI=1S/C14H18BrN3/c1-2-7-16-9-10-18-14-12-4-3-5-13(15)11(12)6-8-17-14/h3-6,8,16H,2,7,9-10H2,1H3,(H,17,18). The Morgan fingerprint density at radius 3 is 2.83 bits per heavy atom. The number of anilines is 1. The minimum Gasteiger partial charge on any atom is -0.368 e. The highest BCUT2D eigenvalue weighted by molar-refractivity contribution is 9.10. The summed E-state index contributed by atoms with van der Waals surface area (Å²) in [4.78, 5) is 4.41. The lowest BCUT2D eigenvalue weighted by atomic mass is 10.1. The second-order valence-electron chi connectivity index (χ2n) is 4.17. The molecule has 0 saturated heterocycles. The zero-order valence-corrected chi connectivity index (χ0v) is 12.1. The molecular formula is C14H18BrN3. The fraction of sp³-hybridized carbons (Fsp3) is 0.357. The topological polar surface area (TPSA) is 37.0 Å². The molecule has 18 heavy (non-hydrogen) atoms. The third kappa shape index (κ3) is 3.21. The number of halogens is 1. The number of rotatable bonds is 6. The molecule has 2 rings (SSSR count). The predicted molar refractivity (Wildman–Crippen MR) is 81.1 cm³/mol. The average Bonchev–Trinajstić information content (AvgIpc) is 2.39. The Morgan fingerprint density at radius 1 is 1.11 bits per heavy atom. The van der Waals surface area contributed by atoms with Gasteiger partial charge in [-0.1, -0.05) is 35.0 Å². The maximum absolute atomic E-state index is 4.41. The van der Waals surface area contributed by atoms with Crippen molar-refractivity contribution in [1.29, 1.82) is 0 Å². The van der Waals surface area contributed by atoms with Crippen LogP contribution in [0.25, 0.3) is 10.8 Å². The van der Waals surface area contributed by atoms with E-state index < -0.39 is 0 Å². The van der Waals surface area contributed by atoms with Crippen LogP contribution in [0.5, 0.6) is 0 Å². The molecule has 1 heterocycles. The monoisotopic (exact) mass is 307 g/mol. The lowest BCUT2D eigenvalue weighted by Gasteiger charge is -2.09. The molecule has 1 aromatic heterocycles. The quantitative estimate of drug-likeness (QED) is 0.803. The van der Waals surface area contributed by atoms with E-state index in [0.717, 1.165) is 35.3 Å². The Kier molecular flexibility index (Phi) is 4.96. The lowest BCUT2D eigenvalue weighted by Crippen LogP contribution is -2.23. The van der Waals surface area contributed by atoms with E-state index in [1.165, 1.54) is 11.8 Å². The average molecular weight is 308 g/mol. The Balaban J connectivity index is 2.07. The van der Waals surface area contributed by atoms with Crippen molar-refractivity contribution in [3.8, 4) is 0 Å². The first kappa shape index (κ1) is 13.3. The molecule has 4 heteroatoms. The highest BCUT2D eigenvalue weighted by Crippen LogP contribution is 2.27. The Labute approximate surface area is 116 Å². The maximum Gasteiger partial charge on any atom is 0.133 e. The largest absolute Gasteiger partial charge is 0.368 e. The van der Waals surface area contributed by atoms with Crippen molar-refractivity contribution in [1.82, 2.24) is 10.3 Å². The number of hydrogen-bond donors (Lipinski definition) is 2. The van der Waals surface area contributed by atoms with Crippen molar-refractivity contribution < 1.29 is 0 Å². The molecule has 1 aromatic carbocycles. The van der Waals surface area contributed by atoms with Crippen molar-refractivity contribution in [3.63, 3.8) is 0 Å². The predicted octanol–water partition coefficient (Wildman–Crippen LogP) is 3.41. The summed E-state index contributed by atoms with van der Waals surface area (Å²) >= 11 is 3.57. The van der Waals surface area contributed by atoms with Crippen LogP contribution in [0.4, 0.5) is 5.82 Å². The van der Waals surface area contributed by atoms with Gasteiger partial charge in [-0.05, 0) is 25.1 Å². The fourth-order valence-electron chi connectivity index (χ4n) is 1.88. The molecule has 0 atom stereocenters. The number of hydrogen-bond acceptors (Lipinski definition) is 3. The van der Waals surface area contributed by atoms with Crippen molar-refractivity contribution in [2.75, 3.05) is 25.0 Å². The summed E-state index contributed by atoms with van der Waals surface area (Å²) in [5.41, 5.74) is 0. The van der Waals surface area contributed by atoms with Crippen LogP contribution in [0.2, 0.25) is 0 Å². The first-order valence-electron chi connectivity index (χ1n) is 6.30. The third-order valence-electron chi connectivity index (χ3n) is 2.77. The van der Waals surface area contributed by atoms with Gasteiger partial charge in [0, 0.05) is 34.5 Å². The van der Waals surface area contributed by atoms with Crippen LogP contribution in [-0.2, 0) is 0 Å². The molecule has 0 aliphatic carbocycles. The van der Waals surface area contributed by atoms with Gasteiger partial charge in [0.2, 0.25) is 0 Å². The molecular weight excluding hydrogens is 290 g/mol. The van der Waals surface area contributed by atoms with Crippen molar-refractivity contribution >= 4 is 32.5 Å². The second-order valence-corrected chi connectivity index (χ2v) is 5.03.